The summed E-state index contributed by atoms with van der Waals surface area (Å²) in [7, 11) is 1.78. The highest BCUT2D eigenvalue weighted by molar-refractivity contribution is 7.10. The predicted molar refractivity (Wildman–Crippen MR) is 83.3 cm³/mol. The first-order chi connectivity index (χ1) is 10.0. The number of hydrogen-bond acceptors (Lipinski definition) is 4. The Hall–Kier alpha value is -1.82. The number of hydrogen-bond donors (Lipinski definition) is 1. The Bertz CT molecular complexity index is 573. The first-order valence-electron chi connectivity index (χ1n) is 6.99. The fourth-order valence-electron chi connectivity index (χ4n) is 2.16. The van der Waals surface area contributed by atoms with Crippen LogP contribution in [-0.4, -0.2) is 23.1 Å². The number of urea groups is 1. The van der Waals surface area contributed by atoms with Crippen LogP contribution in [-0.2, 0) is 6.54 Å². The molecule has 0 aliphatic carbocycles. The second-order valence-electron chi connectivity index (χ2n) is 5.08. The van der Waals surface area contributed by atoms with Gasteiger partial charge in [0.25, 0.3) is 0 Å². The third-order valence-corrected chi connectivity index (χ3v) is 4.50. The first kappa shape index (κ1) is 15.6. The van der Waals surface area contributed by atoms with Gasteiger partial charge in [-0.15, -0.1) is 11.3 Å². The molecule has 0 fully saturated rings. The molecule has 2 rings (SSSR count). The van der Waals surface area contributed by atoms with Crippen molar-refractivity contribution in [3.8, 4) is 0 Å². The molecule has 5 nitrogen and oxygen atoms in total. The molecule has 0 spiro atoms. The van der Waals surface area contributed by atoms with Crippen LogP contribution < -0.4 is 5.32 Å². The second-order valence-corrected chi connectivity index (χ2v) is 6.06. The average Bonchev–Trinajstić information content (AvgIpc) is 3.09. The van der Waals surface area contributed by atoms with Gasteiger partial charge in [-0.05, 0) is 31.7 Å². The third kappa shape index (κ3) is 3.64. The van der Waals surface area contributed by atoms with Crippen molar-refractivity contribution in [2.75, 3.05) is 7.05 Å². The third-order valence-electron chi connectivity index (χ3n) is 3.52. The average molecular weight is 307 g/mol. The van der Waals surface area contributed by atoms with Crippen molar-refractivity contribution >= 4 is 17.4 Å². The molecule has 0 saturated carbocycles. The molecule has 0 aromatic carbocycles. The lowest BCUT2D eigenvalue weighted by molar-refractivity contribution is 0.202. The van der Waals surface area contributed by atoms with E-state index in [0.717, 1.165) is 23.4 Å². The van der Waals surface area contributed by atoms with Crippen molar-refractivity contribution in [3.63, 3.8) is 0 Å². The molecule has 2 amide bonds. The smallest absolute Gasteiger partial charge is 0.317 e. The summed E-state index contributed by atoms with van der Waals surface area (Å²) in [6, 6.07) is 4.02. The Balaban J connectivity index is 1.99. The lowest BCUT2D eigenvalue weighted by Gasteiger charge is -2.22. The zero-order chi connectivity index (χ0) is 15.4. The molecule has 0 aliphatic rings. The van der Waals surface area contributed by atoms with Crippen LogP contribution in [0.3, 0.4) is 0 Å². The van der Waals surface area contributed by atoms with Gasteiger partial charge in [-0.2, -0.15) is 0 Å². The van der Waals surface area contributed by atoms with Gasteiger partial charge in [-0.3, -0.25) is 0 Å². The van der Waals surface area contributed by atoms with E-state index in [0.29, 0.717) is 6.54 Å². The molecule has 21 heavy (non-hydrogen) atoms. The summed E-state index contributed by atoms with van der Waals surface area (Å²) in [4.78, 5) is 15.2. The molecule has 114 valence electrons. The van der Waals surface area contributed by atoms with Gasteiger partial charge in [-0.1, -0.05) is 18.1 Å². The highest BCUT2D eigenvalue weighted by Crippen LogP contribution is 2.22. The molecule has 1 N–H and O–H groups in total. The number of rotatable bonds is 5. The Morgan fingerprint density at radius 2 is 2.29 bits per heavy atom. The Labute approximate surface area is 128 Å². The van der Waals surface area contributed by atoms with Crippen molar-refractivity contribution in [1.29, 1.82) is 0 Å². The maximum absolute atomic E-state index is 12.3. The van der Waals surface area contributed by atoms with E-state index >= 15 is 0 Å². The topological polar surface area (TPSA) is 58.4 Å². The quantitative estimate of drug-likeness (QED) is 0.917. The SMILES string of the molecule is CC[C@H](NC(=O)N(C)Cc1c(C)noc1C)c1cccs1. The van der Waals surface area contributed by atoms with Crippen LogP contribution in [0.5, 0.6) is 0 Å². The summed E-state index contributed by atoms with van der Waals surface area (Å²) in [6.45, 7) is 6.31. The maximum atomic E-state index is 12.3. The molecule has 1 atom stereocenters. The van der Waals surface area contributed by atoms with Gasteiger partial charge >= 0.3 is 6.03 Å². The molecule has 0 radical (unpaired) electrons. The number of nitrogens with one attached hydrogen (secondary N) is 1. The van der Waals surface area contributed by atoms with E-state index in [4.69, 9.17) is 4.52 Å². The number of aromatic nitrogens is 1. The van der Waals surface area contributed by atoms with Gasteiger partial charge in [0, 0.05) is 17.5 Å². The summed E-state index contributed by atoms with van der Waals surface area (Å²) in [6.07, 6.45) is 0.866. The van der Waals surface area contributed by atoms with Crippen LogP contribution in [0.1, 0.15) is 41.3 Å². The van der Waals surface area contributed by atoms with Gasteiger partial charge in [0.2, 0.25) is 0 Å². The zero-order valence-corrected chi connectivity index (χ0v) is 13.7. The van der Waals surface area contributed by atoms with E-state index in [1.165, 1.54) is 4.88 Å². The van der Waals surface area contributed by atoms with Gasteiger partial charge in [-0.25, -0.2) is 4.79 Å². The van der Waals surface area contributed by atoms with Gasteiger partial charge in [0.05, 0.1) is 18.3 Å². The summed E-state index contributed by atoms with van der Waals surface area (Å²) in [5.74, 6) is 0.762. The second kappa shape index (κ2) is 6.76. The zero-order valence-electron chi connectivity index (χ0n) is 12.8. The van der Waals surface area contributed by atoms with E-state index in [1.54, 1.807) is 23.3 Å². The van der Waals surface area contributed by atoms with E-state index in [-0.39, 0.29) is 12.1 Å². The number of aryl methyl sites for hydroxylation is 2. The molecule has 0 saturated heterocycles. The summed E-state index contributed by atoms with van der Waals surface area (Å²) < 4.78 is 5.13. The van der Waals surface area contributed by atoms with E-state index < -0.39 is 0 Å². The lowest BCUT2D eigenvalue weighted by atomic mass is 10.2. The predicted octanol–water partition coefficient (Wildman–Crippen LogP) is 3.65. The normalized spacial score (nSPS) is 12.2. The number of carbonyl (C=O) groups excluding carboxylic acids is 1. The standard InChI is InChI=1S/C15H21N3O2S/c1-5-13(14-7-6-8-21-14)16-15(19)18(4)9-12-10(2)17-20-11(12)3/h6-8,13H,5,9H2,1-4H3,(H,16,19)/t13-/m0/s1. The molecule has 0 bridgehead atoms. The monoisotopic (exact) mass is 307 g/mol. The fraction of sp³-hybridized carbons (Fsp3) is 0.467. The number of nitrogens with zero attached hydrogens (tertiary/aromatic N) is 2. The summed E-state index contributed by atoms with van der Waals surface area (Å²) in [5, 5.41) is 9.01. The lowest BCUT2D eigenvalue weighted by Crippen LogP contribution is -2.38. The highest BCUT2D eigenvalue weighted by atomic mass is 32.1. The van der Waals surface area contributed by atoms with E-state index in [1.807, 2.05) is 31.4 Å². The molecular formula is C15H21N3O2S. The van der Waals surface area contributed by atoms with Crippen molar-refractivity contribution in [3.05, 3.63) is 39.4 Å². The molecule has 0 unspecified atom stereocenters. The molecule has 0 aliphatic heterocycles. The number of thiophene rings is 1. The van der Waals surface area contributed by atoms with Crippen LogP contribution in [0, 0.1) is 13.8 Å². The summed E-state index contributed by atoms with van der Waals surface area (Å²) >= 11 is 1.66. The van der Waals surface area contributed by atoms with Crippen LogP contribution in [0.25, 0.3) is 0 Å². The molecule has 6 heteroatoms. The van der Waals surface area contributed by atoms with Crippen LogP contribution >= 0.6 is 11.3 Å². The summed E-state index contributed by atoms with van der Waals surface area (Å²) in [5.41, 5.74) is 1.80. The van der Waals surface area contributed by atoms with E-state index in [2.05, 4.69) is 17.4 Å². The van der Waals surface area contributed by atoms with Crippen molar-refractivity contribution in [2.45, 2.75) is 39.8 Å². The number of amides is 2. The van der Waals surface area contributed by atoms with Crippen LogP contribution in [0.15, 0.2) is 22.0 Å². The minimum Gasteiger partial charge on any atom is -0.361 e. The van der Waals surface area contributed by atoms with Crippen LogP contribution in [0.4, 0.5) is 4.79 Å². The minimum absolute atomic E-state index is 0.0598. The molecule has 2 aromatic rings. The Morgan fingerprint density at radius 1 is 1.52 bits per heavy atom. The molecule has 2 aromatic heterocycles. The highest BCUT2D eigenvalue weighted by Gasteiger charge is 2.19. The van der Waals surface area contributed by atoms with Crippen molar-refractivity contribution in [2.24, 2.45) is 0 Å². The van der Waals surface area contributed by atoms with Crippen molar-refractivity contribution < 1.29 is 9.32 Å². The first-order valence-corrected chi connectivity index (χ1v) is 7.87. The number of carbonyl (C=O) groups is 1. The largest absolute Gasteiger partial charge is 0.361 e. The van der Waals surface area contributed by atoms with E-state index in [9.17, 15) is 4.79 Å². The molecular weight excluding hydrogens is 286 g/mol. The Morgan fingerprint density at radius 3 is 2.81 bits per heavy atom. The van der Waals surface area contributed by atoms with Crippen LogP contribution in [0.2, 0.25) is 0 Å². The Kier molecular flexibility index (Phi) is 5.01. The van der Waals surface area contributed by atoms with Gasteiger partial charge in [0.15, 0.2) is 0 Å². The maximum Gasteiger partial charge on any atom is 0.317 e. The molecule has 2 heterocycles. The van der Waals surface area contributed by atoms with Gasteiger partial charge in [0.1, 0.15) is 5.76 Å². The van der Waals surface area contributed by atoms with Crippen molar-refractivity contribution in [1.82, 2.24) is 15.4 Å². The van der Waals surface area contributed by atoms with Gasteiger partial charge < -0.3 is 14.7 Å². The minimum atomic E-state index is -0.0877. The fourth-order valence-corrected chi connectivity index (χ4v) is 3.02.